The number of carbonyl (C=O) groups excluding carboxylic acids is 1. The van der Waals surface area contributed by atoms with E-state index in [2.05, 4.69) is 15.3 Å². The lowest BCUT2D eigenvalue weighted by Gasteiger charge is -2.26. The van der Waals surface area contributed by atoms with E-state index >= 15 is 0 Å². The van der Waals surface area contributed by atoms with Gasteiger partial charge >= 0.3 is 0 Å². The van der Waals surface area contributed by atoms with Crippen LogP contribution in [-0.2, 0) is 4.79 Å². The predicted molar refractivity (Wildman–Crippen MR) is 96.0 cm³/mol. The Morgan fingerprint density at radius 1 is 1.48 bits per heavy atom. The van der Waals surface area contributed by atoms with Gasteiger partial charge in [0, 0.05) is 12.7 Å². The summed E-state index contributed by atoms with van der Waals surface area (Å²) >= 11 is 0. The molecule has 0 spiro atoms. The number of carbonyl (C=O) groups is 1. The molecule has 0 fully saturated rings. The Morgan fingerprint density at radius 2 is 2.20 bits per heavy atom. The van der Waals surface area contributed by atoms with Crippen molar-refractivity contribution < 1.29 is 9.53 Å². The van der Waals surface area contributed by atoms with Gasteiger partial charge in [0.2, 0.25) is 17.7 Å². The highest BCUT2D eigenvalue weighted by molar-refractivity contribution is 6.32. The van der Waals surface area contributed by atoms with E-state index in [9.17, 15) is 10.1 Å². The SMILES string of the molecule is [B]c1cccc(NC(=O)[C@H](C)N(C)c2nc(N)nc(OC)c2C#N)c1. The van der Waals surface area contributed by atoms with Crippen molar-refractivity contribution in [2.45, 2.75) is 13.0 Å². The third-order valence-electron chi connectivity index (χ3n) is 3.63. The number of methoxy groups -OCH3 is 1. The molecule has 0 aliphatic rings. The lowest BCUT2D eigenvalue weighted by molar-refractivity contribution is -0.117. The fourth-order valence-corrected chi connectivity index (χ4v) is 2.17. The van der Waals surface area contributed by atoms with Crippen molar-refractivity contribution in [2.75, 3.05) is 30.1 Å². The fraction of sp³-hybridized carbons (Fsp3) is 0.250. The number of nitriles is 1. The Labute approximate surface area is 147 Å². The molecule has 3 N–H and O–H groups in total. The summed E-state index contributed by atoms with van der Waals surface area (Å²) in [5.74, 6) is -0.0864. The Hall–Kier alpha value is -3.28. The van der Waals surface area contributed by atoms with Crippen LogP contribution in [0.2, 0.25) is 0 Å². The van der Waals surface area contributed by atoms with Crippen molar-refractivity contribution in [3.05, 3.63) is 29.8 Å². The first-order valence-electron chi connectivity index (χ1n) is 7.38. The maximum absolute atomic E-state index is 12.5. The van der Waals surface area contributed by atoms with E-state index < -0.39 is 6.04 Å². The Morgan fingerprint density at radius 3 is 2.80 bits per heavy atom. The number of nitrogens with two attached hydrogens (primary N) is 1. The molecule has 1 amide bonds. The van der Waals surface area contributed by atoms with Crippen molar-refractivity contribution in [1.29, 1.82) is 5.26 Å². The molecule has 2 aromatic rings. The molecule has 0 bridgehead atoms. The third kappa shape index (κ3) is 3.98. The highest BCUT2D eigenvalue weighted by atomic mass is 16.5. The first-order chi connectivity index (χ1) is 11.9. The zero-order chi connectivity index (χ0) is 18.6. The van der Waals surface area contributed by atoms with E-state index in [1.165, 1.54) is 12.0 Å². The number of aromatic nitrogens is 2. The van der Waals surface area contributed by atoms with Crippen LogP contribution in [0.5, 0.6) is 5.88 Å². The molecule has 1 aromatic heterocycles. The summed E-state index contributed by atoms with van der Waals surface area (Å²) in [6.07, 6.45) is 0. The Kier molecular flexibility index (Phi) is 5.44. The number of anilines is 3. The summed E-state index contributed by atoms with van der Waals surface area (Å²) in [5, 5.41) is 12.1. The summed E-state index contributed by atoms with van der Waals surface area (Å²) in [4.78, 5) is 22.0. The zero-order valence-electron chi connectivity index (χ0n) is 14.1. The monoisotopic (exact) mass is 336 g/mol. The summed E-state index contributed by atoms with van der Waals surface area (Å²) in [6, 6.07) is 8.17. The molecular weight excluding hydrogens is 319 g/mol. The minimum atomic E-state index is -0.646. The minimum Gasteiger partial charge on any atom is -0.480 e. The molecule has 1 atom stereocenters. The second-order valence-electron chi connectivity index (χ2n) is 5.30. The van der Waals surface area contributed by atoms with Gasteiger partial charge in [-0.15, -0.1) is 0 Å². The maximum atomic E-state index is 12.5. The number of rotatable bonds is 5. The summed E-state index contributed by atoms with van der Waals surface area (Å²) < 4.78 is 5.06. The predicted octanol–water partition coefficient (Wildman–Crippen LogP) is 0.196. The van der Waals surface area contributed by atoms with Gasteiger partial charge in [0.25, 0.3) is 0 Å². The van der Waals surface area contributed by atoms with Gasteiger partial charge in [-0.1, -0.05) is 17.6 Å². The molecule has 1 aromatic carbocycles. The number of benzene rings is 1. The van der Waals surface area contributed by atoms with Crippen molar-refractivity contribution in [3.8, 4) is 11.9 Å². The van der Waals surface area contributed by atoms with Gasteiger partial charge in [0.15, 0.2) is 11.4 Å². The topological polar surface area (TPSA) is 117 Å². The zero-order valence-corrected chi connectivity index (χ0v) is 14.1. The van der Waals surface area contributed by atoms with E-state index in [0.29, 0.717) is 11.2 Å². The number of amides is 1. The average molecular weight is 336 g/mol. The Bertz CT molecular complexity index is 836. The lowest BCUT2D eigenvalue weighted by Crippen LogP contribution is -2.40. The molecule has 9 heteroatoms. The molecule has 126 valence electrons. The second-order valence-corrected chi connectivity index (χ2v) is 5.30. The number of ether oxygens (including phenoxy) is 1. The van der Waals surface area contributed by atoms with Crippen molar-refractivity contribution in [2.24, 2.45) is 0 Å². The van der Waals surface area contributed by atoms with Crippen LogP contribution in [0, 0.1) is 11.3 Å². The number of hydrogen-bond acceptors (Lipinski definition) is 7. The number of nitrogens with one attached hydrogen (secondary N) is 1. The molecule has 0 aliphatic carbocycles. The maximum Gasteiger partial charge on any atom is 0.246 e. The fourth-order valence-electron chi connectivity index (χ4n) is 2.17. The van der Waals surface area contributed by atoms with E-state index in [1.54, 1.807) is 38.2 Å². The van der Waals surface area contributed by atoms with Crippen molar-refractivity contribution in [3.63, 3.8) is 0 Å². The molecule has 2 rings (SSSR count). The molecule has 0 saturated carbocycles. The van der Waals surface area contributed by atoms with Gasteiger partial charge in [-0.2, -0.15) is 15.2 Å². The quantitative estimate of drug-likeness (QED) is 0.749. The van der Waals surface area contributed by atoms with Gasteiger partial charge in [0.1, 0.15) is 20.0 Å². The normalized spacial score (nSPS) is 11.3. The summed E-state index contributed by atoms with van der Waals surface area (Å²) in [7, 11) is 8.71. The molecule has 2 radical (unpaired) electrons. The van der Waals surface area contributed by atoms with E-state index in [4.69, 9.17) is 18.3 Å². The largest absolute Gasteiger partial charge is 0.480 e. The minimum absolute atomic E-state index is 0.0545. The van der Waals surface area contributed by atoms with Gasteiger partial charge in [0.05, 0.1) is 7.11 Å². The van der Waals surface area contributed by atoms with E-state index in [0.717, 1.165) is 0 Å². The number of nitrogens with zero attached hydrogens (tertiary/aromatic N) is 4. The second kappa shape index (κ2) is 7.53. The Balaban J connectivity index is 2.28. The smallest absolute Gasteiger partial charge is 0.246 e. The molecule has 25 heavy (non-hydrogen) atoms. The van der Waals surface area contributed by atoms with Crippen LogP contribution in [-0.4, -0.2) is 43.9 Å². The molecule has 8 nitrogen and oxygen atoms in total. The van der Waals surface area contributed by atoms with Crippen molar-refractivity contribution >= 4 is 36.7 Å². The summed E-state index contributed by atoms with van der Waals surface area (Å²) in [5.41, 5.74) is 6.88. The lowest BCUT2D eigenvalue weighted by atomic mass is 9.96. The van der Waals surface area contributed by atoms with Crippen molar-refractivity contribution in [1.82, 2.24) is 9.97 Å². The van der Waals surface area contributed by atoms with E-state index in [-0.39, 0.29) is 29.1 Å². The number of hydrogen-bond donors (Lipinski definition) is 2. The molecular formula is C16H17BN6O2. The standard InChI is InChI=1S/C16H17BN6O2/c1-9(14(24)20-11-6-4-5-10(17)7-11)23(2)13-12(8-18)15(25-3)22-16(19)21-13/h4-7,9H,1-3H3,(H,20,24)(H2,19,21,22)/t9-/m0/s1. The van der Waals surface area contributed by atoms with Crippen LogP contribution in [0.15, 0.2) is 24.3 Å². The first-order valence-corrected chi connectivity index (χ1v) is 7.38. The van der Waals surface area contributed by atoms with Gasteiger partial charge in [-0.3, -0.25) is 4.79 Å². The molecule has 0 aliphatic heterocycles. The third-order valence-corrected chi connectivity index (χ3v) is 3.63. The van der Waals surface area contributed by atoms with Crippen LogP contribution in [0.25, 0.3) is 0 Å². The number of likely N-dealkylation sites (N-methyl/N-ethyl adjacent to an activating group) is 1. The van der Waals surface area contributed by atoms with E-state index in [1.807, 2.05) is 6.07 Å². The highest BCUT2D eigenvalue weighted by Gasteiger charge is 2.25. The average Bonchev–Trinajstić information content (AvgIpc) is 2.59. The van der Waals surface area contributed by atoms with Crippen LogP contribution < -0.4 is 26.2 Å². The van der Waals surface area contributed by atoms with Gasteiger partial charge in [-0.05, 0) is 19.1 Å². The van der Waals surface area contributed by atoms with Crippen LogP contribution >= 0.6 is 0 Å². The first kappa shape index (κ1) is 18.1. The van der Waals surface area contributed by atoms with Gasteiger partial charge in [-0.25, -0.2) is 0 Å². The number of nitrogen functional groups attached to an aromatic ring is 1. The highest BCUT2D eigenvalue weighted by Crippen LogP contribution is 2.26. The molecule has 0 unspecified atom stereocenters. The van der Waals surface area contributed by atoms with Crippen LogP contribution in [0.4, 0.5) is 17.5 Å². The summed E-state index contributed by atoms with van der Waals surface area (Å²) in [6.45, 7) is 1.67. The molecule has 1 heterocycles. The van der Waals surface area contributed by atoms with Crippen LogP contribution in [0.1, 0.15) is 12.5 Å². The molecule has 0 saturated heterocycles. The van der Waals surface area contributed by atoms with Gasteiger partial charge < -0.3 is 20.7 Å². The van der Waals surface area contributed by atoms with Crippen LogP contribution in [0.3, 0.4) is 0 Å².